The molecule has 8 heteroatoms. The van der Waals surface area contributed by atoms with E-state index in [1.54, 1.807) is 42.2 Å². The quantitative estimate of drug-likeness (QED) is 0.462. The second-order valence-electron chi connectivity index (χ2n) is 7.61. The van der Waals surface area contributed by atoms with Crippen LogP contribution in [0.25, 0.3) is 0 Å². The summed E-state index contributed by atoms with van der Waals surface area (Å²) in [5.41, 5.74) is 3.68. The summed E-state index contributed by atoms with van der Waals surface area (Å²) >= 11 is 1.55. The first-order valence-electron chi connectivity index (χ1n) is 10.5. The molecule has 2 heterocycles. The number of carboxylic acids is 1. The molecule has 0 radical (unpaired) electrons. The predicted molar refractivity (Wildman–Crippen MR) is 123 cm³/mol. The Morgan fingerprint density at radius 2 is 2.12 bits per heavy atom. The molecule has 0 saturated carbocycles. The molecule has 1 aliphatic heterocycles. The zero-order chi connectivity index (χ0) is 22.3. The number of carboxylic acid groups (broad SMARTS) is 1. The molecule has 1 saturated heterocycles. The van der Waals surface area contributed by atoms with Crippen LogP contribution in [-0.4, -0.2) is 43.0 Å². The van der Waals surface area contributed by atoms with Crippen molar-refractivity contribution in [2.45, 2.75) is 19.4 Å². The Hall–Kier alpha value is -3.10. The number of ether oxygens (including phenoxy) is 3. The Morgan fingerprint density at radius 3 is 2.84 bits per heavy atom. The molecule has 1 atom stereocenters. The topological polar surface area (TPSA) is 81.1 Å². The second kappa shape index (κ2) is 10.5. The molecular weight excluding hydrogens is 428 g/mol. The van der Waals surface area contributed by atoms with Crippen LogP contribution in [0.1, 0.15) is 28.1 Å². The molecule has 1 N–H and O–H groups in total. The predicted octanol–water partition coefficient (Wildman–Crippen LogP) is 4.99. The normalized spacial score (nSPS) is 15.5. The van der Waals surface area contributed by atoms with Crippen LogP contribution in [0, 0.1) is 5.92 Å². The third kappa shape index (κ3) is 5.38. The van der Waals surface area contributed by atoms with E-state index in [1.165, 1.54) is 0 Å². The van der Waals surface area contributed by atoms with E-state index in [2.05, 4.69) is 9.88 Å². The minimum Gasteiger partial charge on any atom is -0.493 e. The van der Waals surface area contributed by atoms with Crippen LogP contribution in [0.3, 0.4) is 0 Å². The zero-order valence-electron chi connectivity index (χ0n) is 17.9. The van der Waals surface area contributed by atoms with Gasteiger partial charge in [-0.2, -0.15) is 0 Å². The van der Waals surface area contributed by atoms with Gasteiger partial charge in [-0.1, -0.05) is 6.07 Å². The largest absolute Gasteiger partial charge is 0.493 e. The standard InChI is InChI=1S/C24H26N2O5S/c1-29-22-6-5-20(12-23(22)31-10-8-17-7-9-30-15-17)26(14-21-13-25-16-32-21)19-4-2-3-18(11-19)24(27)28/h2-6,11-13,16-17H,7-10,14-15H2,1H3,(H,27,28). The second-order valence-corrected chi connectivity index (χ2v) is 8.58. The Morgan fingerprint density at radius 1 is 1.25 bits per heavy atom. The van der Waals surface area contributed by atoms with Crippen LogP contribution in [0.2, 0.25) is 0 Å². The first-order valence-corrected chi connectivity index (χ1v) is 11.4. The summed E-state index contributed by atoms with van der Waals surface area (Å²) in [6.07, 6.45) is 3.82. The van der Waals surface area contributed by atoms with E-state index in [9.17, 15) is 9.90 Å². The molecule has 32 heavy (non-hydrogen) atoms. The summed E-state index contributed by atoms with van der Waals surface area (Å²) in [5.74, 6) is 0.894. The zero-order valence-corrected chi connectivity index (χ0v) is 18.7. The number of carbonyl (C=O) groups is 1. The molecule has 3 aromatic rings. The molecule has 4 rings (SSSR count). The van der Waals surface area contributed by atoms with Gasteiger partial charge in [-0.05, 0) is 49.1 Å². The number of anilines is 2. The summed E-state index contributed by atoms with van der Waals surface area (Å²) < 4.78 is 17.1. The number of rotatable bonds is 10. The first-order chi connectivity index (χ1) is 15.6. The lowest BCUT2D eigenvalue weighted by Gasteiger charge is -2.26. The third-order valence-corrected chi connectivity index (χ3v) is 6.23. The molecule has 1 unspecified atom stereocenters. The highest BCUT2D eigenvalue weighted by Gasteiger charge is 2.18. The van der Waals surface area contributed by atoms with Gasteiger partial charge < -0.3 is 24.2 Å². The lowest BCUT2D eigenvalue weighted by atomic mass is 10.1. The molecule has 2 aromatic carbocycles. The summed E-state index contributed by atoms with van der Waals surface area (Å²) in [7, 11) is 1.62. The number of hydrogen-bond donors (Lipinski definition) is 1. The van der Waals surface area contributed by atoms with Gasteiger partial charge in [0.15, 0.2) is 11.5 Å². The van der Waals surface area contributed by atoms with Gasteiger partial charge >= 0.3 is 5.97 Å². The van der Waals surface area contributed by atoms with Gasteiger partial charge in [0.2, 0.25) is 0 Å². The van der Waals surface area contributed by atoms with Crippen LogP contribution >= 0.6 is 11.3 Å². The van der Waals surface area contributed by atoms with Crippen molar-refractivity contribution in [1.29, 1.82) is 0 Å². The van der Waals surface area contributed by atoms with Gasteiger partial charge in [-0.3, -0.25) is 4.98 Å². The summed E-state index contributed by atoms with van der Waals surface area (Å²) in [6, 6.07) is 12.7. The lowest BCUT2D eigenvalue weighted by molar-refractivity contribution is 0.0697. The van der Waals surface area contributed by atoms with Gasteiger partial charge in [-0.15, -0.1) is 11.3 Å². The molecule has 0 amide bonds. The molecule has 168 valence electrons. The minimum atomic E-state index is -0.959. The molecular formula is C24H26N2O5S. The summed E-state index contributed by atoms with van der Waals surface area (Å²) in [6.45, 7) is 2.75. The van der Waals surface area contributed by atoms with Crippen LogP contribution in [0.4, 0.5) is 11.4 Å². The number of nitrogens with zero attached hydrogens (tertiary/aromatic N) is 2. The maximum Gasteiger partial charge on any atom is 0.335 e. The Kier molecular flexibility index (Phi) is 7.24. The first kappa shape index (κ1) is 22.1. The van der Waals surface area contributed by atoms with Crippen molar-refractivity contribution in [1.82, 2.24) is 4.98 Å². The smallest absolute Gasteiger partial charge is 0.335 e. The van der Waals surface area contributed by atoms with Gasteiger partial charge in [0, 0.05) is 41.7 Å². The third-order valence-electron chi connectivity index (χ3n) is 5.47. The summed E-state index contributed by atoms with van der Waals surface area (Å²) in [4.78, 5) is 18.8. The fraction of sp³-hybridized carbons (Fsp3) is 0.333. The van der Waals surface area contributed by atoms with Crippen molar-refractivity contribution in [2.24, 2.45) is 5.92 Å². The SMILES string of the molecule is COc1ccc(N(Cc2cncs2)c2cccc(C(=O)O)c2)cc1OCCC1CCOC1. The highest BCUT2D eigenvalue weighted by atomic mass is 32.1. The van der Waals surface area contributed by atoms with Crippen LogP contribution < -0.4 is 14.4 Å². The highest BCUT2D eigenvalue weighted by Crippen LogP contribution is 2.36. The number of aromatic nitrogens is 1. The number of benzene rings is 2. The van der Waals surface area contributed by atoms with Crippen LogP contribution in [-0.2, 0) is 11.3 Å². The van der Waals surface area contributed by atoms with E-state index >= 15 is 0 Å². The number of hydrogen-bond acceptors (Lipinski definition) is 7. The van der Waals surface area contributed by atoms with E-state index in [-0.39, 0.29) is 5.56 Å². The van der Waals surface area contributed by atoms with Crippen molar-refractivity contribution in [2.75, 3.05) is 31.8 Å². The van der Waals surface area contributed by atoms with Crippen molar-refractivity contribution in [3.05, 3.63) is 64.6 Å². The maximum atomic E-state index is 11.5. The van der Waals surface area contributed by atoms with Crippen LogP contribution in [0.5, 0.6) is 11.5 Å². The lowest BCUT2D eigenvalue weighted by Crippen LogP contribution is -2.17. The van der Waals surface area contributed by atoms with Crippen molar-refractivity contribution in [3.8, 4) is 11.5 Å². The minimum absolute atomic E-state index is 0.237. The van der Waals surface area contributed by atoms with Crippen molar-refractivity contribution < 1.29 is 24.1 Å². The van der Waals surface area contributed by atoms with E-state index in [1.807, 2.05) is 30.5 Å². The van der Waals surface area contributed by atoms with E-state index in [4.69, 9.17) is 14.2 Å². The monoisotopic (exact) mass is 454 g/mol. The average molecular weight is 455 g/mol. The van der Waals surface area contributed by atoms with Gasteiger partial charge in [0.1, 0.15) is 0 Å². The molecule has 1 fully saturated rings. The number of methoxy groups -OCH3 is 1. The Balaban J connectivity index is 1.62. The molecule has 1 aliphatic rings. The Labute approximate surface area is 191 Å². The fourth-order valence-electron chi connectivity index (χ4n) is 3.71. The number of aromatic carboxylic acids is 1. The van der Waals surface area contributed by atoms with Crippen LogP contribution in [0.15, 0.2) is 54.2 Å². The Bertz CT molecular complexity index is 1030. The highest BCUT2D eigenvalue weighted by molar-refractivity contribution is 7.09. The molecule has 1 aromatic heterocycles. The molecule has 0 aliphatic carbocycles. The summed E-state index contributed by atoms with van der Waals surface area (Å²) in [5, 5.41) is 9.45. The molecule has 0 spiro atoms. The van der Waals surface area contributed by atoms with Crippen molar-refractivity contribution in [3.63, 3.8) is 0 Å². The van der Waals surface area contributed by atoms with E-state index < -0.39 is 5.97 Å². The molecule has 0 bridgehead atoms. The molecule has 7 nitrogen and oxygen atoms in total. The van der Waals surface area contributed by atoms with Gasteiger partial charge in [-0.25, -0.2) is 4.79 Å². The van der Waals surface area contributed by atoms with Gasteiger partial charge in [0.05, 0.1) is 31.3 Å². The fourth-order valence-corrected chi connectivity index (χ4v) is 4.29. The van der Waals surface area contributed by atoms with E-state index in [0.29, 0.717) is 30.6 Å². The van der Waals surface area contributed by atoms with Gasteiger partial charge in [0.25, 0.3) is 0 Å². The number of thiazole rings is 1. The average Bonchev–Trinajstić information content (AvgIpc) is 3.52. The van der Waals surface area contributed by atoms with E-state index in [0.717, 1.165) is 42.3 Å². The maximum absolute atomic E-state index is 11.5. The van der Waals surface area contributed by atoms with Crippen molar-refractivity contribution >= 4 is 28.7 Å².